The van der Waals surface area contributed by atoms with Crippen LogP contribution in [-0.4, -0.2) is 102 Å². The zero-order valence-corrected chi connectivity index (χ0v) is 52.1. The minimum Gasteiger partial charge on any atom is -0.506 e. The van der Waals surface area contributed by atoms with Gasteiger partial charge in [0.15, 0.2) is 17.3 Å². The molecule has 9 atom stereocenters. The van der Waals surface area contributed by atoms with Crippen molar-refractivity contribution in [3.05, 3.63) is 132 Å². The molecule has 412 valence electrons. The molecule has 0 aromatic heterocycles. The van der Waals surface area contributed by atoms with Gasteiger partial charge in [-0.05, 0) is 213 Å². The third-order valence-electron chi connectivity index (χ3n) is 15.5. The fourth-order valence-electron chi connectivity index (χ4n) is 11.8. The normalized spacial score (nSPS) is 27.7. The number of carbonyl (C=O) groups excluding carboxylic acids is 2. The number of Topliss-reactive ketones (excluding diaryl/α,β-unsaturated/α-hetero) is 1. The van der Waals surface area contributed by atoms with Gasteiger partial charge in [-0.2, -0.15) is 13.2 Å². The summed E-state index contributed by atoms with van der Waals surface area (Å²) in [7, 11) is 0. The number of benzene rings is 4. The van der Waals surface area contributed by atoms with Crippen LogP contribution in [0.25, 0.3) is 0 Å². The molecule has 4 aromatic carbocycles. The molecule has 7 N–H and O–H groups in total. The number of aromatic hydroxyl groups is 1. The maximum Gasteiger partial charge on any atom is 0.406 e. The summed E-state index contributed by atoms with van der Waals surface area (Å²) in [6.45, 7) is 3.57. The number of hydrogen-bond donors (Lipinski definition) is 6. The molecule has 77 heavy (non-hydrogen) atoms. The number of carboxylic acids is 1. The van der Waals surface area contributed by atoms with E-state index in [0.717, 1.165) is 23.2 Å². The van der Waals surface area contributed by atoms with E-state index in [1.54, 1.807) is 24.3 Å². The Labute approximate surface area is 511 Å². The predicted molar refractivity (Wildman–Crippen MR) is 324 cm³/mol. The minimum atomic E-state index is -4.45. The summed E-state index contributed by atoms with van der Waals surface area (Å²) < 4.78 is 62.3. The number of phenols is 1. The molecular weight excluding hydrogens is 1520 g/mol. The number of rotatable bonds is 9. The van der Waals surface area contributed by atoms with Crippen LogP contribution in [0.1, 0.15) is 63.1 Å². The Morgan fingerprint density at radius 3 is 2.23 bits per heavy atom. The number of halogens is 10. The smallest absolute Gasteiger partial charge is 0.406 e. The van der Waals surface area contributed by atoms with Gasteiger partial charge in [0, 0.05) is 27.0 Å². The summed E-state index contributed by atoms with van der Waals surface area (Å²) >= 11 is 26.9. The number of aliphatic hydroxyl groups is 3. The van der Waals surface area contributed by atoms with Gasteiger partial charge in [0.05, 0.1) is 43.2 Å². The fraction of sp³-hybridized carbons (Fsp3) is 0.389. The van der Waals surface area contributed by atoms with Crippen LogP contribution in [-0.2, 0) is 20.8 Å². The van der Waals surface area contributed by atoms with Crippen molar-refractivity contribution in [2.75, 3.05) is 24.6 Å². The largest absolute Gasteiger partial charge is 0.506 e. The average Bonchev–Trinajstić information content (AvgIpc) is 3.81. The first-order valence-corrected chi connectivity index (χ1v) is 29.4. The topological polar surface area (TPSA) is 203 Å². The second-order valence-electron chi connectivity index (χ2n) is 20.0. The van der Waals surface area contributed by atoms with Crippen molar-refractivity contribution >= 4 is 160 Å². The molecule has 0 amide bonds. The standard InChI is InChI=1S/C22H29ClO5.C17H11ClF4N2S.C15H11I4NO4/c1-12-8-16-15-5-4-13-9-14(25)6-7-19(13,2)21(15,23)17(26)10-20(16,3)22(12,28)18(27)11-24;18-10-5-6-14-12(7-10)16(11-3-1-2-4-13(11)19)23-8-15(25)24(14)9-17(20,21)22;16-8-4-7(5-9(17)13(8)21)24-14-10(18)1-6(2-11(14)19)3-12(20)15(22)23/h6-7,9,12,15-17,24,26,28H,4-5,8,10-11H2,1-3H3;1-7H,8-9H2;1-2,4-5,12,21H,3,20H2,(H,22,23)/t12-,15-,16-,17-,19-,20-,21-,22-;;12-/m0.1/s1. The van der Waals surface area contributed by atoms with Crippen LogP contribution in [0.4, 0.5) is 23.2 Å². The number of phenolic OH excluding ortho intramolecular Hbond substituents is 1. The van der Waals surface area contributed by atoms with Crippen LogP contribution in [0.2, 0.25) is 5.02 Å². The van der Waals surface area contributed by atoms with E-state index in [1.807, 2.05) is 39.0 Å². The quantitative estimate of drug-likeness (QED) is 0.0401. The molecule has 9 rings (SSSR count). The molecule has 4 aromatic rings. The molecule has 23 heteroatoms. The number of benzodiazepines with no additional fused rings is 1. The second-order valence-corrected chi connectivity index (χ2v) is 26.2. The molecule has 3 saturated carbocycles. The Morgan fingerprint density at radius 1 is 1.00 bits per heavy atom. The number of thiocarbonyl (C=S) groups is 1. The highest BCUT2D eigenvalue weighted by atomic mass is 127. The van der Waals surface area contributed by atoms with Gasteiger partial charge >= 0.3 is 12.1 Å². The van der Waals surface area contributed by atoms with E-state index in [-0.39, 0.29) is 70.6 Å². The van der Waals surface area contributed by atoms with Gasteiger partial charge in [0.1, 0.15) is 47.1 Å². The molecule has 4 aliphatic carbocycles. The number of ketones is 2. The summed E-state index contributed by atoms with van der Waals surface area (Å²) in [5, 5.41) is 51.4. The van der Waals surface area contributed by atoms with E-state index in [4.69, 9.17) is 51.0 Å². The van der Waals surface area contributed by atoms with Crippen molar-refractivity contribution in [1.82, 2.24) is 0 Å². The van der Waals surface area contributed by atoms with Crippen molar-refractivity contribution in [2.45, 2.75) is 81.7 Å². The van der Waals surface area contributed by atoms with Crippen LogP contribution >= 0.6 is 126 Å². The number of nitrogens with zero attached hydrogens (tertiary/aromatic N) is 2. The van der Waals surface area contributed by atoms with Gasteiger partial charge in [-0.1, -0.05) is 68.4 Å². The Kier molecular flexibility index (Phi) is 19.4. The number of ether oxygens (including phenoxy) is 1. The lowest BCUT2D eigenvalue weighted by atomic mass is 9.45. The Hall–Kier alpha value is -2.61. The van der Waals surface area contributed by atoms with Gasteiger partial charge < -0.3 is 40.9 Å². The number of aliphatic carboxylic acids is 1. The number of carboxylic acid groups (broad SMARTS) is 1. The molecule has 0 unspecified atom stereocenters. The summed E-state index contributed by atoms with van der Waals surface area (Å²) in [6.07, 6.45) is 2.03. The maximum atomic E-state index is 14.2. The zero-order valence-electron chi connectivity index (χ0n) is 41.2. The van der Waals surface area contributed by atoms with E-state index >= 15 is 0 Å². The van der Waals surface area contributed by atoms with Crippen LogP contribution in [0.3, 0.4) is 0 Å². The monoisotopic (exact) mass is 1570 g/mol. The summed E-state index contributed by atoms with van der Waals surface area (Å²) in [4.78, 5) is 39.7. The molecule has 12 nitrogen and oxygen atoms in total. The molecule has 0 spiro atoms. The first-order valence-electron chi connectivity index (χ1n) is 23.9. The third-order valence-corrected chi connectivity index (χ3v) is 20.2. The lowest BCUT2D eigenvalue weighted by Gasteiger charge is -2.63. The van der Waals surface area contributed by atoms with Crippen LogP contribution in [0.5, 0.6) is 17.2 Å². The number of alkyl halides is 4. The zero-order chi connectivity index (χ0) is 56.9. The Morgan fingerprint density at radius 2 is 1.64 bits per heavy atom. The summed E-state index contributed by atoms with van der Waals surface area (Å²) in [5.74, 6) is -1.12. The summed E-state index contributed by atoms with van der Waals surface area (Å²) in [5.41, 5.74) is 5.11. The molecule has 3 fully saturated rings. The average molecular weight is 1570 g/mol. The van der Waals surface area contributed by atoms with Gasteiger partial charge in [0.25, 0.3) is 0 Å². The van der Waals surface area contributed by atoms with E-state index in [2.05, 4.69) is 95.4 Å². The van der Waals surface area contributed by atoms with Crippen molar-refractivity contribution in [3.63, 3.8) is 0 Å². The molecule has 1 heterocycles. The fourth-order valence-corrected chi connectivity index (χ4v) is 16.5. The van der Waals surface area contributed by atoms with Crippen LogP contribution in [0.15, 0.2) is 95.5 Å². The first kappa shape index (κ1) is 62.0. The first-order chi connectivity index (χ1) is 35.9. The number of carbonyl (C=O) groups is 3. The van der Waals surface area contributed by atoms with E-state index in [0.29, 0.717) is 48.5 Å². The van der Waals surface area contributed by atoms with Crippen molar-refractivity contribution in [3.8, 4) is 17.2 Å². The number of fused-ring (bicyclic) bond motifs is 6. The van der Waals surface area contributed by atoms with Crippen LogP contribution < -0.4 is 15.4 Å². The SMILES string of the molecule is C[C@H]1C[C@H]2[C@@H]3CCC4=CC(=O)C=C[C@]4(C)[C@@]3(Cl)[C@@H](O)C[C@]2(C)[C@@]1(O)C(=O)CO.Fc1ccccc1C1=NCC(=S)N(CC(F)(F)F)c2ccc(Cl)cc21.N[C@H](Cc1cc(I)c(Oc2cc(I)c(O)c(I)c2)c(I)c1)C(=O)O. The van der Waals surface area contributed by atoms with Crippen molar-refractivity contribution < 1.29 is 62.2 Å². The molecular formula is C54H51Cl2F4I4N3O9S. The second kappa shape index (κ2) is 24.1. The number of allylic oxidation sites excluding steroid dienone is 4. The van der Waals surface area contributed by atoms with E-state index in [1.165, 1.54) is 42.5 Å². The van der Waals surface area contributed by atoms with Gasteiger partial charge in [0.2, 0.25) is 0 Å². The molecule has 0 saturated heterocycles. The van der Waals surface area contributed by atoms with Crippen LogP contribution in [0, 0.1) is 48.7 Å². The molecule has 0 radical (unpaired) electrons. The highest BCUT2D eigenvalue weighted by molar-refractivity contribution is 14.1. The van der Waals surface area contributed by atoms with E-state index in [9.17, 15) is 52.4 Å². The van der Waals surface area contributed by atoms with Gasteiger partial charge in [-0.3, -0.25) is 19.4 Å². The lowest BCUT2D eigenvalue weighted by molar-refractivity contribution is -0.179. The van der Waals surface area contributed by atoms with Crippen molar-refractivity contribution in [2.24, 2.45) is 39.3 Å². The van der Waals surface area contributed by atoms with Gasteiger partial charge in [-0.15, -0.1) is 11.6 Å². The maximum absolute atomic E-state index is 14.2. The minimum absolute atomic E-state index is 0.00670. The highest BCUT2D eigenvalue weighted by Gasteiger charge is 2.74. The number of anilines is 1. The predicted octanol–water partition coefficient (Wildman–Crippen LogP) is 11.7. The van der Waals surface area contributed by atoms with Gasteiger partial charge in [-0.25, -0.2) is 4.39 Å². The number of aliphatic hydroxyl groups excluding tert-OH is 2. The number of aliphatic imine (C=N–C) groups is 1. The number of nitrogens with two attached hydrogens (primary N) is 1. The number of hydrogen-bond acceptors (Lipinski definition) is 11. The lowest BCUT2D eigenvalue weighted by Crippen LogP contribution is -2.69. The summed E-state index contributed by atoms with van der Waals surface area (Å²) in [6, 6.07) is 16.7. The molecule has 0 bridgehead atoms. The van der Waals surface area contributed by atoms with Crippen molar-refractivity contribution in [1.29, 1.82) is 0 Å². The Bertz CT molecular complexity index is 3090. The molecule has 1 aliphatic heterocycles. The third kappa shape index (κ3) is 12.2. The Balaban J connectivity index is 0.000000168. The highest BCUT2D eigenvalue weighted by Crippen LogP contribution is 2.71. The van der Waals surface area contributed by atoms with E-state index < -0.39 is 70.3 Å². The molecule has 5 aliphatic rings.